The number of hydrogen-bond acceptors (Lipinski definition) is 3. The van der Waals surface area contributed by atoms with Crippen molar-refractivity contribution >= 4 is 16.7 Å². The second-order valence-electron chi connectivity index (χ2n) is 7.81. The van der Waals surface area contributed by atoms with E-state index in [2.05, 4.69) is 48.6 Å². The number of nitrogens with one attached hydrogen (secondary N) is 1. The van der Waals surface area contributed by atoms with Gasteiger partial charge < -0.3 is 14.8 Å². The van der Waals surface area contributed by atoms with E-state index in [1.54, 1.807) is 14.2 Å². The summed E-state index contributed by atoms with van der Waals surface area (Å²) >= 11 is 0. The van der Waals surface area contributed by atoms with Crippen molar-refractivity contribution < 1.29 is 14.3 Å². The molecule has 162 valence electrons. The number of carbonyl (C=O) groups excluding carboxylic acids is 1. The van der Waals surface area contributed by atoms with E-state index in [1.807, 2.05) is 42.5 Å². The molecule has 4 heteroatoms. The number of fused-ring (bicyclic) bond motifs is 1. The summed E-state index contributed by atoms with van der Waals surface area (Å²) in [5.74, 6) is 1.20. The number of benzene rings is 4. The Balaban J connectivity index is 1.72. The molecule has 0 saturated heterocycles. The Morgan fingerprint density at radius 3 is 2.22 bits per heavy atom. The quantitative estimate of drug-likeness (QED) is 0.407. The van der Waals surface area contributed by atoms with Gasteiger partial charge in [-0.15, -0.1) is 0 Å². The smallest absolute Gasteiger partial charge is 0.251 e. The molecule has 0 fully saturated rings. The molecule has 0 saturated carbocycles. The Labute approximate surface area is 188 Å². The molecule has 0 aliphatic heterocycles. The van der Waals surface area contributed by atoms with Gasteiger partial charge in [-0.1, -0.05) is 60.2 Å². The largest absolute Gasteiger partial charge is 0.493 e. The summed E-state index contributed by atoms with van der Waals surface area (Å²) in [6, 6.07) is 26.2. The van der Waals surface area contributed by atoms with Crippen LogP contribution >= 0.6 is 0 Å². The van der Waals surface area contributed by atoms with Crippen LogP contribution in [0, 0.1) is 6.92 Å². The van der Waals surface area contributed by atoms with Crippen LogP contribution in [0.5, 0.6) is 11.5 Å². The van der Waals surface area contributed by atoms with Crippen LogP contribution in [0.2, 0.25) is 0 Å². The first-order valence-corrected chi connectivity index (χ1v) is 10.7. The van der Waals surface area contributed by atoms with E-state index in [1.165, 1.54) is 11.1 Å². The van der Waals surface area contributed by atoms with E-state index in [-0.39, 0.29) is 5.91 Å². The molecular weight excluding hydrogens is 398 g/mol. The fraction of sp³-hybridized carbons (Fsp3) is 0.179. The summed E-state index contributed by atoms with van der Waals surface area (Å²) in [5, 5.41) is 4.99. The molecule has 32 heavy (non-hydrogen) atoms. The van der Waals surface area contributed by atoms with E-state index in [0.29, 0.717) is 23.6 Å². The zero-order valence-electron chi connectivity index (χ0n) is 18.6. The molecule has 0 aliphatic carbocycles. The standard InChI is InChI=1S/C28H27NO3/c1-19-9-11-21(12-10-19)24-16-23(28(30)29-14-13-20-7-5-4-6-8-20)15-22-17-26(31-2)27(32-3)18-25(22)24/h4-12,15-18H,13-14H2,1-3H3,(H,29,30). The van der Waals surface area contributed by atoms with Gasteiger partial charge in [-0.2, -0.15) is 0 Å². The van der Waals surface area contributed by atoms with Gasteiger partial charge in [-0.05, 0) is 65.1 Å². The van der Waals surface area contributed by atoms with Gasteiger partial charge in [0.15, 0.2) is 11.5 Å². The van der Waals surface area contributed by atoms with Crippen molar-refractivity contribution in [2.24, 2.45) is 0 Å². The molecular formula is C28H27NO3. The monoisotopic (exact) mass is 425 g/mol. The van der Waals surface area contributed by atoms with Crippen molar-refractivity contribution in [1.82, 2.24) is 5.32 Å². The zero-order valence-corrected chi connectivity index (χ0v) is 18.6. The van der Waals surface area contributed by atoms with E-state index in [4.69, 9.17) is 9.47 Å². The highest BCUT2D eigenvalue weighted by Gasteiger charge is 2.15. The fourth-order valence-electron chi connectivity index (χ4n) is 3.86. The van der Waals surface area contributed by atoms with Gasteiger partial charge in [-0.3, -0.25) is 4.79 Å². The third-order valence-corrected chi connectivity index (χ3v) is 5.62. The van der Waals surface area contributed by atoms with Crippen LogP contribution in [-0.2, 0) is 6.42 Å². The van der Waals surface area contributed by atoms with E-state index >= 15 is 0 Å². The second-order valence-corrected chi connectivity index (χ2v) is 7.81. The normalized spacial score (nSPS) is 10.7. The predicted molar refractivity (Wildman–Crippen MR) is 130 cm³/mol. The van der Waals surface area contributed by atoms with Crippen LogP contribution in [0.15, 0.2) is 78.9 Å². The van der Waals surface area contributed by atoms with E-state index in [0.717, 1.165) is 28.3 Å². The molecule has 0 atom stereocenters. The Bertz CT molecular complexity index is 1230. The molecule has 0 radical (unpaired) electrons. The molecule has 4 aromatic rings. The molecule has 4 aromatic carbocycles. The summed E-state index contributed by atoms with van der Waals surface area (Å²) < 4.78 is 11.0. The Hall–Kier alpha value is -3.79. The van der Waals surface area contributed by atoms with Crippen LogP contribution in [0.3, 0.4) is 0 Å². The van der Waals surface area contributed by atoms with Gasteiger partial charge in [0, 0.05) is 12.1 Å². The van der Waals surface area contributed by atoms with Crippen LogP contribution in [0.25, 0.3) is 21.9 Å². The molecule has 0 aromatic heterocycles. The van der Waals surface area contributed by atoms with Crippen molar-refractivity contribution in [2.75, 3.05) is 20.8 Å². The lowest BCUT2D eigenvalue weighted by molar-refractivity contribution is 0.0954. The summed E-state index contributed by atoms with van der Waals surface area (Å²) in [6.07, 6.45) is 0.788. The highest BCUT2D eigenvalue weighted by molar-refractivity contribution is 6.05. The lowest BCUT2D eigenvalue weighted by Crippen LogP contribution is -2.25. The first-order chi connectivity index (χ1) is 15.6. The maximum Gasteiger partial charge on any atom is 0.251 e. The fourth-order valence-corrected chi connectivity index (χ4v) is 3.86. The van der Waals surface area contributed by atoms with Crippen molar-refractivity contribution in [1.29, 1.82) is 0 Å². The second kappa shape index (κ2) is 9.56. The van der Waals surface area contributed by atoms with Crippen LogP contribution in [0.1, 0.15) is 21.5 Å². The highest BCUT2D eigenvalue weighted by Crippen LogP contribution is 2.38. The Kier molecular flexibility index (Phi) is 6.41. The summed E-state index contributed by atoms with van der Waals surface area (Å²) in [4.78, 5) is 13.0. The third-order valence-electron chi connectivity index (χ3n) is 5.62. The molecule has 4 nitrogen and oxygen atoms in total. The molecule has 4 rings (SSSR count). The average molecular weight is 426 g/mol. The van der Waals surface area contributed by atoms with Gasteiger partial charge in [0.25, 0.3) is 5.91 Å². The van der Waals surface area contributed by atoms with E-state index < -0.39 is 0 Å². The molecule has 0 aliphatic rings. The number of methoxy groups -OCH3 is 2. The number of aryl methyl sites for hydroxylation is 1. The lowest BCUT2D eigenvalue weighted by Gasteiger charge is -2.15. The number of ether oxygens (including phenoxy) is 2. The van der Waals surface area contributed by atoms with Crippen molar-refractivity contribution in [3.63, 3.8) is 0 Å². The van der Waals surface area contributed by atoms with E-state index in [9.17, 15) is 4.79 Å². The van der Waals surface area contributed by atoms with Gasteiger partial charge >= 0.3 is 0 Å². The third kappa shape index (κ3) is 4.59. The number of amides is 1. The zero-order chi connectivity index (χ0) is 22.5. The van der Waals surface area contributed by atoms with Crippen molar-refractivity contribution in [3.05, 3.63) is 95.6 Å². The van der Waals surface area contributed by atoms with Crippen LogP contribution in [0.4, 0.5) is 0 Å². The first kappa shape index (κ1) is 21.4. The van der Waals surface area contributed by atoms with Crippen LogP contribution in [-0.4, -0.2) is 26.7 Å². The van der Waals surface area contributed by atoms with Gasteiger partial charge in [0.2, 0.25) is 0 Å². The highest BCUT2D eigenvalue weighted by atomic mass is 16.5. The summed E-state index contributed by atoms with van der Waals surface area (Å²) in [7, 11) is 3.24. The Morgan fingerprint density at radius 2 is 1.53 bits per heavy atom. The minimum absolute atomic E-state index is 0.0917. The molecule has 0 bridgehead atoms. The lowest BCUT2D eigenvalue weighted by atomic mass is 9.94. The molecule has 1 amide bonds. The number of hydrogen-bond donors (Lipinski definition) is 1. The molecule has 0 spiro atoms. The van der Waals surface area contributed by atoms with Gasteiger partial charge in [0.05, 0.1) is 14.2 Å². The van der Waals surface area contributed by atoms with Gasteiger partial charge in [0.1, 0.15) is 0 Å². The minimum Gasteiger partial charge on any atom is -0.493 e. The first-order valence-electron chi connectivity index (χ1n) is 10.7. The maximum absolute atomic E-state index is 13.0. The number of rotatable bonds is 7. The Morgan fingerprint density at radius 1 is 0.844 bits per heavy atom. The summed E-state index contributed by atoms with van der Waals surface area (Å²) in [6.45, 7) is 2.64. The maximum atomic E-state index is 13.0. The minimum atomic E-state index is -0.0917. The number of carbonyl (C=O) groups is 1. The van der Waals surface area contributed by atoms with Crippen LogP contribution < -0.4 is 14.8 Å². The summed E-state index contributed by atoms with van der Waals surface area (Å²) in [5.41, 5.74) is 5.03. The van der Waals surface area contributed by atoms with Crippen molar-refractivity contribution in [3.8, 4) is 22.6 Å². The SMILES string of the molecule is COc1cc2cc(C(=O)NCCc3ccccc3)cc(-c3ccc(C)cc3)c2cc1OC. The van der Waals surface area contributed by atoms with Gasteiger partial charge in [-0.25, -0.2) is 0 Å². The molecule has 0 unspecified atom stereocenters. The topological polar surface area (TPSA) is 47.6 Å². The van der Waals surface area contributed by atoms with Crippen molar-refractivity contribution in [2.45, 2.75) is 13.3 Å². The average Bonchev–Trinajstić information content (AvgIpc) is 2.83. The predicted octanol–water partition coefficient (Wildman–Crippen LogP) is 5.80. The molecule has 1 N–H and O–H groups in total. The molecule has 0 heterocycles.